The largest absolute Gasteiger partial charge is 0.493 e. The Morgan fingerprint density at radius 2 is 1.89 bits per heavy atom. The van der Waals surface area contributed by atoms with Crippen molar-refractivity contribution in [3.8, 4) is 11.5 Å². The number of carboxylic acid groups (broad SMARTS) is 1. The molecule has 1 aromatic heterocycles. The normalized spacial score (nSPS) is 19.1. The molecule has 0 spiro atoms. The van der Waals surface area contributed by atoms with Crippen molar-refractivity contribution in [3.05, 3.63) is 84.0 Å². The first kappa shape index (κ1) is 23.3. The Hall–Kier alpha value is -4.44. The molecule has 2 aliphatic heterocycles. The first-order valence-electron chi connectivity index (χ1n) is 11.3. The highest BCUT2D eigenvalue weighted by atomic mass is 16.5. The summed E-state index contributed by atoms with van der Waals surface area (Å²) in [6, 6.07) is 11.4. The number of hydrogen-bond acceptors (Lipinski definition) is 7. The summed E-state index contributed by atoms with van der Waals surface area (Å²) in [5.41, 5.74) is 2.60. The molecule has 0 radical (unpaired) electrons. The highest BCUT2D eigenvalue weighted by molar-refractivity contribution is 6.06. The number of aliphatic hydroxyl groups is 1. The highest BCUT2D eigenvalue weighted by Gasteiger charge is 2.43. The molecule has 0 aliphatic carbocycles. The van der Waals surface area contributed by atoms with Gasteiger partial charge in [-0.05, 0) is 23.6 Å². The van der Waals surface area contributed by atoms with Crippen LogP contribution in [0.2, 0.25) is 0 Å². The van der Waals surface area contributed by atoms with Gasteiger partial charge in [0.15, 0.2) is 17.7 Å². The van der Waals surface area contributed by atoms with E-state index < -0.39 is 24.3 Å². The van der Waals surface area contributed by atoms with Gasteiger partial charge in [0.25, 0.3) is 5.91 Å². The van der Waals surface area contributed by atoms with E-state index in [-0.39, 0.29) is 35.9 Å². The van der Waals surface area contributed by atoms with Crippen molar-refractivity contribution >= 4 is 23.3 Å². The quantitative estimate of drug-likeness (QED) is 0.561. The number of amides is 2. The molecule has 3 aromatic rings. The molecule has 0 bridgehead atoms. The lowest BCUT2D eigenvalue weighted by Crippen LogP contribution is -2.53. The molecule has 2 N–H and O–H groups in total. The van der Waals surface area contributed by atoms with Crippen molar-refractivity contribution in [2.75, 3.05) is 18.6 Å². The predicted molar refractivity (Wildman–Crippen MR) is 130 cm³/mol. The van der Waals surface area contributed by atoms with E-state index >= 15 is 0 Å². The smallest absolute Gasteiger partial charge is 0.414 e. The predicted octanol–water partition coefficient (Wildman–Crippen LogP) is 3.18. The van der Waals surface area contributed by atoms with Crippen LogP contribution >= 0.6 is 0 Å². The van der Waals surface area contributed by atoms with E-state index in [1.54, 1.807) is 18.5 Å². The van der Waals surface area contributed by atoms with Crippen LogP contribution in [0.25, 0.3) is 5.57 Å². The van der Waals surface area contributed by atoms with Crippen LogP contribution in [0.3, 0.4) is 0 Å². The zero-order chi connectivity index (χ0) is 25.2. The summed E-state index contributed by atoms with van der Waals surface area (Å²) in [4.78, 5) is 36.4. The summed E-state index contributed by atoms with van der Waals surface area (Å²) < 4.78 is 11.4. The third kappa shape index (κ3) is 4.22. The Balaban J connectivity index is 1.56. The van der Waals surface area contributed by atoms with Gasteiger partial charge in [-0.25, -0.2) is 19.7 Å². The summed E-state index contributed by atoms with van der Waals surface area (Å²) in [7, 11) is 1.45. The van der Waals surface area contributed by atoms with Crippen LogP contribution in [-0.2, 0) is 6.61 Å². The van der Waals surface area contributed by atoms with E-state index in [4.69, 9.17) is 9.47 Å². The number of nitrogens with zero attached hydrogens (tertiary/aromatic N) is 4. The van der Waals surface area contributed by atoms with Gasteiger partial charge in [-0.3, -0.25) is 4.79 Å². The number of aromatic nitrogens is 2. The van der Waals surface area contributed by atoms with E-state index in [0.29, 0.717) is 6.42 Å². The maximum atomic E-state index is 13.6. The topological polar surface area (TPSA) is 125 Å². The van der Waals surface area contributed by atoms with Gasteiger partial charge in [0.2, 0.25) is 0 Å². The van der Waals surface area contributed by atoms with E-state index in [0.717, 1.165) is 21.6 Å². The van der Waals surface area contributed by atoms with Gasteiger partial charge in [-0.1, -0.05) is 36.4 Å². The summed E-state index contributed by atoms with van der Waals surface area (Å²) in [6.45, 7) is 0.488. The van der Waals surface area contributed by atoms with Gasteiger partial charge in [-0.15, -0.1) is 0 Å². The minimum atomic E-state index is -1.55. The Bertz CT molecular complexity index is 1310. The molecule has 2 aliphatic rings. The van der Waals surface area contributed by atoms with Gasteiger partial charge in [0.1, 0.15) is 12.9 Å². The van der Waals surface area contributed by atoms with Crippen molar-refractivity contribution in [2.24, 2.45) is 0 Å². The number of rotatable bonds is 5. The minimum Gasteiger partial charge on any atom is -0.493 e. The number of anilines is 1. The molecular weight excluding hydrogens is 464 g/mol. The second-order valence-corrected chi connectivity index (χ2v) is 8.42. The second-order valence-electron chi connectivity index (χ2n) is 8.42. The Labute approximate surface area is 207 Å². The van der Waals surface area contributed by atoms with Gasteiger partial charge >= 0.3 is 6.09 Å². The summed E-state index contributed by atoms with van der Waals surface area (Å²) in [6.07, 6.45) is 3.95. The summed E-state index contributed by atoms with van der Waals surface area (Å²) in [5, 5.41) is 21.4. The monoisotopic (exact) mass is 488 g/mol. The molecule has 0 saturated carbocycles. The number of methoxy groups -OCH3 is 1. The van der Waals surface area contributed by atoms with Gasteiger partial charge in [0, 0.05) is 30.6 Å². The number of fused-ring (bicyclic) bond motifs is 2. The fourth-order valence-electron chi connectivity index (χ4n) is 4.55. The molecule has 1 unspecified atom stereocenters. The lowest BCUT2D eigenvalue weighted by atomic mass is 9.96. The Kier molecular flexibility index (Phi) is 6.26. The Morgan fingerprint density at radius 3 is 2.58 bits per heavy atom. The molecule has 0 saturated heterocycles. The van der Waals surface area contributed by atoms with Crippen LogP contribution < -0.4 is 14.4 Å². The Morgan fingerprint density at radius 1 is 1.14 bits per heavy atom. The van der Waals surface area contributed by atoms with Crippen molar-refractivity contribution in [2.45, 2.75) is 25.3 Å². The summed E-state index contributed by atoms with van der Waals surface area (Å²) >= 11 is 0. The summed E-state index contributed by atoms with van der Waals surface area (Å²) in [5.74, 6) is 0.125. The third-order valence-electron chi connectivity index (χ3n) is 6.33. The second kappa shape index (κ2) is 9.67. The molecule has 10 heteroatoms. The molecule has 2 atom stereocenters. The molecule has 3 heterocycles. The number of ether oxygens (including phenoxy) is 2. The van der Waals surface area contributed by atoms with Crippen LogP contribution in [-0.4, -0.2) is 63.0 Å². The highest BCUT2D eigenvalue weighted by Crippen LogP contribution is 2.41. The van der Waals surface area contributed by atoms with Crippen molar-refractivity contribution in [1.82, 2.24) is 14.9 Å². The first-order valence-corrected chi connectivity index (χ1v) is 11.3. The number of aliphatic hydroxyl groups excluding tert-OH is 1. The van der Waals surface area contributed by atoms with E-state index in [1.165, 1.54) is 30.5 Å². The molecule has 36 heavy (non-hydrogen) atoms. The van der Waals surface area contributed by atoms with E-state index in [2.05, 4.69) is 9.97 Å². The molecule has 0 fully saturated rings. The van der Waals surface area contributed by atoms with Gasteiger partial charge in [-0.2, -0.15) is 0 Å². The molecule has 2 aromatic carbocycles. The minimum absolute atomic E-state index is 0.0243. The molecule has 184 valence electrons. The van der Waals surface area contributed by atoms with Gasteiger partial charge < -0.3 is 24.6 Å². The SMILES string of the molecule is COc1cc2c(cc1OCc1ccccc1)N(C(=O)O)C(O)[C@@H]1C=C(c3cncnc3)CCN1C2=O. The number of benzene rings is 2. The molecule has 2 amide bonds. The zero-order valence-corrected chi connectivity index (χ0v) is 19.4. The standard InChI is InChI=1S/C26H24N4O6/c1-35-22-10-19-20(11-23(22)36-14-16-5-3-2-4-6-16)30(26(33)34)25(32)21-9-17(7-8-29(21)24(19)31)18-12-27-15-28-13-18/h2-6,9-13,15,21,25,32H,7-8,14H2,1H3,(H,33,34)/t21-,25?/m0/s1. The van der Waals surface area contributed by atoms with Crippen molar-refractivity contribution in [3.63, 3.8) is 0 Å². The van der Waals surface area contributed by atoms with Crippen molar-refractivity contribution < 1.29 is 29.3 Å². The molecular formula is C26H24N4O6. The number of carbonyl (C=O) groups is 2. The number of carbonyl (C=O) groups excluding carboxylic acids is 1. The lowest BCUT2D eigenvalue weighted by Gasteiger charge is -2.37. The number of hydrogen-bond donors (Lipinski definition) is 2. The van der Waals surface area contributed by atoms with Crippen LogP contribution in [0.1, 0.15) is 27.9 Å². The fraction of sp³-hybridized carbons (Fsp3) is 0.231. The molecule has 5 rings (SSSR count). The average Bonchev–Trinajstić information content (AvgIpc) is 3.00. The van der Waals surface area contributed by atoms with Gasteiger partial charge in [0.05, 0.1) is 24.4 Å². The molecule has 10 nitrogen and oxygen atoms in total. The van der Waals surface area contributed by atoms with Crippen LogP contribution in [0, 0.1) is 0 Å². The van der Waals surface area contributed by atoms with Crippen LogP contribution in [0.5, 0.6) is 11.5 Å². The first-order chi connectivity index (χ1) is 17.5. The van der Waals surface area contributed by atoms with Crippen LogP contribution in [0.4, 0.5) is 10.5 Å². The van der Waals surface area contributed by atoms with Crippen molar-refractivity contribution in [1.29, 1.82) is 0 Å². The fourth-order valence-corrected chi connectivity index (χ4v) is 4.55. The lowest BCUT2D eigenvalue weighted by molar-refractivity contribution is 0.0489. The zero-order valence-electron chi connectivity index (χ0n) is 19.4. The van der Waals surface area contributed by atoms with E-state index in [1.807, 2.05) is 30.3 Å². The maximum Gasteiger partial charge on any atom is 0.414 e. The average molecular weight is 489 g/mol. The third-order valence-corrected chi connectivity index (χ3v) is 6.33. The van der Waals surface area contributed by atoms with Crippen LogP contribution in [0.15, 0.2) is 67.3 Å². The van der Waals surface area contributed by atoms with E-state index in [9.17, 15) is 19.8 Å². The maximum absolute atomic E-state index is 13.6.